The normalized spacial score (nSPS) is 12.0. The van der Waals surface area contributed by atoms with Crippen molar-refractivity contribution in [3.63, 3.8) is 0 Å². The Bertz CT molecular complexity index is 837. The van der Waals surface area contributed by atoms with E-state index in [1.165, 1.54) is 5.56 Å². The second-order valence-electron chi connectivity index (χ2n) is 6.18. The number of nitrogens with one attached hydrogen (secondary N) is 1. The summed E-state index contributed by atoms with van der Waals surface area (Å²) < 4.78 is 7.09. The van der Waals surface area contributed by atoms with E-state index in [1.807, 2.05) is 42.5 Å². The summed E-state index contributed by atoms with van der Waals surface area (Å²) in [5.74, 6) is 0.885. The first kappa shape index (κ1) is 19.0. The van der Waals surface area contributed by atoms with Gasteiger partial charge in [-0.25, -0.2) is 0 Å². The summed E-state index contributed by atoms with van der Waals surface area (Å²) in [6, 6.07) is 24.5. The maximum atomic E-state index is 6.05. The van der Waals surface area contributed by atoms with E-state index in [0.717, 1.165) is 32.9 Å². The first-order chi connectivity index (χ1) is 12.6. The Balaban J connectivity index is 1.66. The van der Waals surface area contributed by atoms with Gasteiger partial charge >= 0.3 is 0 Å². The van der Waals surface area contributed by atoms with Crippen LogP contribution in [0.4, 0.5) is 0 Å². The predicted molar refractivity (Wildman–Crippen MR) is 112 cm³/mol. The molecule has 0 radical (unpaired) electrons. The fraction of sp³-hybridized carbons (Fsp3) is 0.182. The molecule has 3 rings (SSSR count). The van der Waals surface area contributed by atoms with Gasteiger partial charge in [0.2, 0.25) is 0 Å². The summed E-state index contributed by atoms with van der Waals surface area (Å²) in [6.45, 7) is 3.41. The van der Waals surface area contributed by atoms with Crippen LogP contribution in [0, 0.1) is 0 Å². The molecule has 0 heterocycles. The van der Waals surface area contributed by atoms with Crippen LogP contribution in [0.1, 0.15) is 29.7 Å². The fourth-order valence-electron chi connectivity index (χ4n) is 2.69. The number of benzene rings is 3. The third kappa shape index (κ3) is 5.34. The molecule has 0 saturated carbocycles. The molecular weight excluding hydrogens is 410 g/mol. The average Bonchev–Trinajstić information content (AvgIpc) is 2.67. The van der Waals surface area contributed by atoms with Crippen LogP contribution in [0.3, 0.4) is 0 Å². The number of hydrogen-bond donors (Lipinski definition) is 1. The highest BCUT2D eigenvalue weighted by molar-refractivity contribution is 9.10. The van der Waals surface area contributed by atoms with Crippen molar-refractivity contribution in [1.29, 1.82) is 0 Å². The van der Waals surface area contributed by atoms with Gasteiger partial charge < -0.3 is 10.1 Å². The van der Waals surface area contributed by atoms with E-state index in [1.54, 1.807) is 0 Å². The van der Waals surface area contributed by atoms with Gasteiger partial charge in [-0.2, -0.15) is 0 Å². The van der Waals surface area contributed by atoms with Gasteiger partial charge in [-0.1, -0.05) is 70.0 Å². The molecule has 1 N–H and O–H groups in total. The standard InChI is InChI=1S/C22H21BrClNO/c1-16(18-5-3-2-4-6-18)25-14-19-13-20(23)9-12-22(19)26-15-17-7-10-21(24)11-8-17/h2-13,16,25H,14-15H2,1H3/t16-/m0/s1. The molecule has 0 amide bonds. The lowest BCUT2D eigenvalue weighted by Crippen LogP contribution is -2.18. The molecule has 2 nitrogen and oxygen atoms in total. The molecule has 0 unspecified atom stereocenters. The van der Waals surface area contributed by atoms with E-state index in [0.29, 0.717) is 6.61 Å². The molecule has 26 heavy (non-hydrogen) atoms. The monoisotopic (exact) mass is 429 g/mol. The SMILES string of the molecule is C[C@H](NCc1cc(Br)ccc1OCc1ccc(Cl)cc1)c1ccccc1. The minimum atomic E-state index is 0.263. The van der Waals surface area contributed by atoms with Crippen LogP contribution in [0.25, 0.3) is 0 Å². The average molecular weight is 431 g/mol. The maximum Gasteiger partial charge on any atom is 0.124 e. The molecule has 0 aromatic heterocycles. The van der Waals surface area contributed by atoms with E-state index in [4.69, 9.17) is 16.3 Å². The zero-order valence-corrected chi connectivity index (χ0v) is 16.9. The van der Waals surface area contributed by atoms with Crippen molar-refractivity contribution in [2.75, 3.05) is 0 Å². The Hall–Kier alpha value is -1.81. The lowest BCUT2D eigenvalue weighted by atomic mass is 10.1. The Morgan fingerprint density at radius 1 is 1.00 bits per heavy atom. The molecule has 4 heteroatoms. The Labute approximate surface area is 168 Å². The van der Waals surface area contributed by atoms with Crippen LogP contribution in [0.5, 0.6) is 5.75 Å². The summed E-state index contributed by atoms with van der Waals surface area (Å²) in [5, 5.41) is 4.30. The van der Waals surface area contributed by atoms with Gasteiger partial charge in [0.25, 0.3) is 0 Å². The number of halogens is 2. The van der Waals surface area contributed by atoms with E-state index in [-0.39, 0.29) is 6.04 Å². The van der Waals surface area contributed by atoms with Crippen molar-refractivity contribution >= 4 is 27.5 Å². The van der Waals surface area contributed by atoms with Gasteiger partial charge in [0.05, 0.1) is 0 Å². The second kappa shape index (κ2) is 9.22. The maximum absolute atomic E-state index is 6.05. The molecule has 0 bridgehead atoms. The van der Waals surface area contributed by atoms with Gasteiger partial charge in [-0.3, -0.25) is 0 Å². The quantitative estimate of drug-likeness (QED) is 0.460. The highest BCUT2D eigenvalue weighted by Crippen LogP contribution is 2.25. The van der Waals surface area contributed by atoms with Gasteiger partial charge in [0.1, 0.15) is 12.4 Å². The van der Waals surface area contributed by atoms with Gasteiger partial charge in [-0.05, 0) is 48.4 Å². The zero-order valence-electron chi connectivity index (χ0n) is 14.6. The highest BCUT2D eigenvalue weighted by Gasteiger charge is 2.09. The third-order valence-corrected chi connectivity index (χ3v) is 4.97. The van der Waals surface area contributed by atoms with Crippen molar-refractivity contribution in [3.05, 3.63) is 99.0 Å². The third-order valence-electron chi connectivity index (χ3n) is 4.23. The molecule has 3 aromatic carbocycles. The van der Waals surface area contributed by atoms with Crippen LogP contribution in [0.15, 0.2) is 77.3 Å². The minimum Gasteiger partial charge on any atom is -0.489 e. The zero-order chi connectivity index (χ0) is 18.4. The number of ether oxygens (including phenoxy) is 1. The van der Waals surface area contributed by atoms with E-state index in [9.17, 15) is 0 Å². The summed E-state index contributed by atoms with van der Waals surface area (Å²) in [5.41, 5.74) is 3.48. The van der Waals surface area contributed by atoms with Crippen LogP contribution in [0.2, 0.25) is 5.02 Å². The Morgan fingerprint density at radius 3 is 2.46 bits per heavy atom. The van der Waals surface area contributed by atoms with Crippen molar-refractivity contribution in [2.45, 2.75) is 26.1 Å². The number of rotatable bonds is 7. The fourth-order valence-corrected chi connectivity index (χ4v) is 3.23. The Morgan fingerprint density at radius 2 is 1.73 bits per heavy atom. The molecule has 0 aliphatic heterocycles. The molecule has 0 saturated heterocycles. The second-order valence-corrected chi connectivity index (χ2v) is 7.53. The molecular formula is C22H21BrClNO. The summed E-state index contributed by atoms with van der Waals surface area (Å²) >= 11 is 9.49. The van der Waals surface area contributed by atoms with Crippen molar-refractivity contribution < 1.29 is 4.74 Å². The van der Waals surface area contributed by atoms with Gasteiger partial charge in [-0.15, -0.1) is 0 Å². The largest absolute Gasteiger partial charge is 0.489 e. The smallest absolute Gasteiger partial charge is 0.124 e. The molecule has 3 aromatic rings. The molecule has 134 valence electrons. The summed E-state index contributed by atoms with van der Waals surface area (Å²) in [4.78, 5) is 0. The van der Waals surface area contributed by atoms with E-state index in [2.05, 4.69) is 58.5 Å². The predicted octanol–water partition coefficient (Wildman–Crippen LogP) is 6.53. The molecule has 0 fully saturated rings. The summed E-state index contributed by atoms with van der Waals surface area (Å²) in [6.07, 6.45) is 0. The van der Waals surface area contributed by atoms with Gasteiger partial charge in [0.15, 0.2) is 0 Å². The van der Waals surface area contributed by atoms with E-state index >= 15 is 0 Å². The number of hydrogen-bond acceptors (Lipinski definition) is 2. The van der Waals surface area contributed by atoms with Crippen LogP contribution >= 0.6 is 27.5 Å². The van der Waals surface area contributed by atoms with Crippen molar-refractivity contribution in [3.8, 4) is 5.75 Å². The van der Waals surface area contributed by atoms with Crippen LogP contribution < -0.4 is 10.1 Å². The lowest BCUT2D eigenvalue weighted by Gasteiger charge is -2.17. The highest BCUT2D eigenvalue weighted by atomic mass is 79.9. The minimum absolute atomic E-state index is 0.263. The molecule has 0 aliphatic carbocycles. The van der Waals surface area contributed by atoms with Crippen molar-refractivity contribution in [2.24, 2.45) is 0 Å². The first-order valence-electron chi connectivity index (χ1n) is 8.56. The molecule has 0 spiro atoms. The summed E-state index contributed by atoms with van der Waals surface area (Å²) in [7, 11) is 0. The first-order valence-corrected chi connectivity index (χ1v) is 9.73. The Kier molecular flexibility index (Phi) is 6.73. The van der Waals surface area contributed by atoms with Crippen LogP contribution in [-0.2, 0) is 13.2 Å². The molecule has 0 aliphatic rings. The van der Waals surface area contributed by atoms with Crippen LogP contribution in [-0.4, -0.2) is 0 Å². The van der Waals surface area contributed by atoms with Gasteiger partial charge in [0, 0.05) is 27.6 Å². The van der Waals surface area contributed by atoms with E-state index < -0.39 is 0 Å². The topological polar surface area (TPSA) is 21.3 Å². The lowest BCUT2D eigenvalue weighted by molar-refractivity contribution is 0.301. The molecule has 1 atom stereocenters. The van der Waals surface area contributed by atoms with Crippen molar-refractivity contribution in [1.82, 2.24) is 5.32 Å².